The molecule has 0 fully saturated rings. The van der Waals surface area contributed by atoms with Crippen LogP contribution in [0.3, 0.4) is 0 Å². The number of pyridine rings is 1. The number of rotatable bonds is 6. The molecule has 3 nitrogen and oxygen atoms in total. The SMILES string of the molecule is CCCC(CC(=O)c1ccc(=O)[nH]c1)c1ccc(Br)cc1. The number of Topliss-reactive ketones (excluding diaryl/α,β-unsaturated/α-hetero) is 1. The molecule has 0 saturated heterocycles. The van der Waals surface area contributed by atoms with E-state index in [4.69, 9.17) is 0 Å². The van der Waals surface area contributed by atoms with Crippen molar-refractivity contribution in [3.05, 3.63) is 68.5 Å². The van der Waals surface area contributed by atoms with Gasteiger partial charge in [-0.25, -0.2) is 0 Å². The number of nitrogens with one attached hydrogen (secondary N) is 1. The Morgan fingerprint density at radius 2 is 1.90 bits per heavy atom. The number of aromatic nitrogens is 1. The molecular formula is C17H18BrNO2. The Bertz CT molecular complexity index is 641. The molecule has 4 heteroatoms. The lowest BCUT2D eigenvalue weighted by molar-refractivity contribution is 0.0971. The van der Waals surface area contributed by atoms with Crippen LogP contribution in [-0.4, -0.2) is 10.8 Å². The van der Waals surface area contributed by atoms with Crippen LogP contribution < -0.4 is 5.56 Å². The second kappa shape index (κ2) is 7.36. The van der Waals surface area contributed by atoms with E-state index in [1.165, 1.54) is 17.8 Å². The molecule has 1 unspecified atom stereocenters. The zero-order valence-electron chi connectivity index (χ0n) is 11.9. The van der Waals surface area contributed by atoms with Crippen LogP contribution in [0.5, 0.6) is 0 Å². The van der Waals surface area contributed by atoms with Gasteiger partial charge in [-0.2, -0.15) is 0 Å². The summed E-state index contributed by atoms with van der Waals surface area (Å²) in [5.74, 6) is 0.273. The largest absolute Gasteiger partial charge is 0.328 e. The Hall–Kier alpha value is -1.68. The first kappa shape index (κ1) is 15.7. The first-order valence-electron chi connectivity index (χ1n) is 7.07. The van der Waals surface area contributed by atoms with Gasteiger partial charge in [-0.05, 0) is 36.1 Å². The molecule has 0 radical (unpaired) electrons. The number of carbonyl (C=O) groups excluding carboxylic acids is 1. The maximum atomic E-state index is 12.4. The molecule has 1 heterocycles. The maximum absolute atomic E-state index is 12.4. The Morgan fingerprint density at radius 3 is 2.48 bits per heavy atom. The lowest BCUT2D eigenvalue weighted by Crippen LogP contribution is -2.11. The van der Waals surface area contributed by atoms with Gasteiger partial charge in [0.15, 0.2) is 5.78 Å². The standard InChI is InChI=1S/C17H18BrNO2/c1-2-3-13(12-4-7-15(18)8-5-12)10-16(20)14-6-9-17(21)19-11-14/h4-9,11,13H,2-3,10H2,1H3,(H,19,21). The molecule has 0 amide bonds. The van der Waals surface area contributed by atoms with Gasteiger partial charge in [-0.3, -0.25) is 9.59 Å². The number of H-pyrrole nitrogens is 1. The first-order chi connectivity index (χ1) is 10.1. The van der Waals surface area contributed by atoms with Crippen LogP contribution in [0.1, 0.15) is 48.0 Å². The van der Waals surface area contributed by atoms with E-state index < -0.39 is 0 Å². The number of hydrogen-bond acceptors (Lipinski definition) is 2. The van der Waals surface area contributed by atoms with Crippen molar-refractivity contribution < 1.29 is 4.79 Å². The maximum Gasteiger partial charge on any atom is 0.247 e. The van der Waals surface area contributed by atoms with E-state index in [9.17, 15) is 9.59 Å². The van der Waals surface area contributed by atoms with Crippen molar-refractivity contribution >= 4 is 21.7 Å². The van der Waals surface area contributed by atoms with Crippen molar-refractivity contribution in [1.82, 2.24) is 4.98 Å². The zero-order valence-corrected chi connectivity index (χ0v) is 13.5. The van der Waals surface area contributed by atoms with Crippen molar-refractivity contribution in [1.29, 1.82) is 0 Å². The average molecular weight is 348 g/mol. The summed E-state index contributed by atoms with van der Waals surface area (Å²) in [6.07, 6.45) is 3.95. The summed E-state index contributed by atoms with van der Waals surface area (Å²) in [7, 11) is 0. The van der Waals surface area contributed by atoms with Gasteiger partial charge in [0.2, 0.25) is 5.56 Å². The summed E-state index contributed by atoms with van der Waals surface area (Å²) in [5.41, 5.74) is 1.55. The van der Waals surface area contributed by atoms with Gasteiger partial charge in [0, 0.05) is 28.7 Å². The zero-order chi connectivity index (χ0) is 15.2. The quantitative estimate of drug-likeness (QED) is 0.792. The van der Waals surface area contributed by atoms with E-state index in [2.05, 4.69) is 40.0 Å². The Labute approximate surface area is 132 Å². The summed E-state index contributed by atoms with van der Waals surface area (Å²) in [6, 6.07) is 11.1. The van der Waals surface area contributed by atoms with Crippen molar-refractivity contribution in [3.8, 4) is 0 Å². The molecule has 1 atom stereocenters. The Kier molecular flexibility index (Phi) is 5.51. The molecule has 1 N–H and O–H groups in total. The number of halogens is 1. The predicted octanol–water partition coefficient (Wildman–Crippen LogP) is 4.29. The fourth-order valence-electron chi connectivity index (χ4n) is 2.40. The highest BCUT2D eigenvalue weighted by Gasteiger charge is 2.16. The third kappa shape index (κ3) is 4.39. The summed E-state index contributed by atoms with van der Waals surface area (Å²) in [6.45, 7) is 2.12. The number of carbonyl (C=O) groups is 1. The van der Waals surface area contributed by atoms with Crippen LogP contribution in [0.2, 0.25) is 0 Å². The molecule has 0 aliphatic carbocycles. The molecular weight excluding hydrogens is 330 g/mol. The van der Waals surface area contributed by atoms with Gasteiger partial charge in [0.1, 0.15) is 0 Å². The highest BCUT2D eigenvalue weighted by Crippen LogP contribution is 2.27. The van der Waals surface area contributed by atoms with Crippen LogP contribution in [-0.2, 0) is 0 Å². The van der Waals surface area contributed by atoms with E-state index in [1.807, 2.05) is 12.1 Å². The molecule has 0 spiro atoms. The summed E-state index contributed by atoms with van der Waals surface area (Å²) in [4.78, 5) is 26.0. The molecule has 0 bridgehead atoms. The van der Waals surface area contributed by atoms with Crippen molar-refractivity contribution in [3.63, 3.8) is 0 Å². The summed E-state index contributed by atoms with van der Waals surface area (Å²) < 4.78 is 1.04. The van der Waals surface area contributed by atoms with Gasteiger partial charge >= 0.3 is 0 Å². The van der Waals surface area contributed by atoms with Gasteiger partial charge in [0.05, 0.1) is 0 Å². The van der Waals surface area contributed by atoms with Gasteiger partial charge < -0.3 is 4.98 Å². The van der Waals surface area contributed by atoms with Crippen molar-refractivity contribution in [2.45, 2.75) is 32.1 Å². The highest BCUT2D eigenvalue weighted by molar-refractivity contribution is 9.10. The van der Waals surface area contributed by atoms with E-state index >= 15 is 0 Å². The Morgan fingerprint density at radius 1 is 1.19 bits per heavy atom. The van der Waals surface area contributed by atoms with Crippen LogP contribution >= 0.6 is 15.9 Å². The molecule has 0 aliphatic rings. The molecule has 1 aromatic carbocycles. The molecule has 0 saturated carbocycles. The third-order valence-electron chi connectivity index (χ3n) is 3.52. The third-order valence-corrected chi connectivity index (χ3v) is 4.05. The lowest BCUT2D eigenvalue weighted by Gasteiger charge is -2.16. The predicted molar refractivity (Wildman–Crippen MR) is 87.8 cm³/mol. The minimum Gasteiger partial charge on any atom is -0.328 e. The van der Waals surface area contributed by atoms with E-state index in [1.54, 1.807) is 6.07 Å². The summed E-state index contributed by atoms with van der Waals surface area (Å²) >= 11 is 3.43. The molecule has 1 aromatic heterocycles. The van der Waals surface area contributed by atoms with Crippen molar-refractivity contribution in [2.75, 3.05) is 0 Å². The fourth-order valence-corrected chi connectivity index (χ4v) is 2.66. The highest BCUT2D eigenvalue weighted by atomic mass is 79.9. The van der Waals surface area contributed by atoms with E-state index in [0.29, 0.717) is 12.0 Å². The topological polar surface area (TPSA) is 49.9 Å². The average Bonchev–Trinajstić information content (AvgIpc) is 2.48. The minimum atomic E-state index is -0.190. The number of hydrogen-bond donors (Lipinski definition) is 1. The molecule has 2 rings (SSSR count). The fraction of sp³-hybridized carbons (Fsp3) is 0.294. The normalized spacial score (nSPS) is 12.1. The Balaban J connectivity index is 2.15. The van der Waals surface area contributed by atoms with Crippen LogP contribution in [0.25, 0.3) is 0 Å². The van der Waals surface area contributed by atoms with Crippen molar-refractivity contribution in [2.24, 2.45) is 0 Å². The first-order valence-corrected chi connectivity index (χ1v) is 7.87. The molecule has 0 aliphatic heterocycles. The van der Waals surface area contributed by atoms with Gasteiger partial charge in [-0.15, -0.1) is 0 Å². The smallest absolute Gasteiger partial charge is 0.247 e. The second-order valence-corrected chi connectivity index (χ2v) is 6.02. The number of benzene rings is 1. The lowest BCUT2D eigenvalue weighted by atomic mass is 9.88. The van der Waals surface area contributed by atoms with Gasteiger partial charge in [-0.1, -0.05) is 41.4 Å². The molecule has 2 aromatic rings. The van der Waals surface area contributed by atoms with Gasteiger partial charge in [0.25, 0.3) is 0 Å². The minimum absolute atomic E-state index is 0.0626. The van der Waals surface area contributed by atoms with Crippen LogP contribution in [0, 0.1) is 0 Å². The van der Waals surface area contributed by atoms with E-state index in [-0.39, 0.29) is 17.3 Å². The molecule has 21 heavy (non-hydrogen) atoms. The van der Waals surface area contributed by atoms with Crippen LogP contribution in [0.15, 0.2) is 51.9 Å². The second-order valence-electron chi connectivity index (χ2n) is 5.11. The molecule has 110 valence electrons. The van der Waals surface area contributed by atoms with E-state index in [0.717, 1.165) is 17.3 Å². The monoisotopic (exact) mass is 347 g/mol. The van der Waals surface area contributed by atoms with Crippen LogP contribution in [0.4, 0.5) is 0 Å². The summed E-state index contributed by atoms with van der Waals surface area (Å²) in [5, 5.41) is 0. The number of ketones is 1. The number of aromatic amines is 1.